The van der Waals surface area contributed by atoms with E-state index in [9.17, 15) is 13.2 Å². The lowest BCUT2D eigenvalue weighted by Crippen LogP contribution is -2.22. The van der Waals surface area contributed by atoms with Crippen LogP contribution in [0.4, 0.5) is 13.2 Å². The molecule has 27 heavy (non-hydrogen) atoms. The van der Waals surface area contributed by atoms with Gasteiger partial charge in [-0.15, -0.1) is 0 Å². The molecule has 2 N–H and O–H groups in total. The Morgan fingerprint density at radius 3 is 1.33 bits per heavy atom. The van der Waals surface area contributed by atoms with Crippen LogP contribution in [0.3, 0.4) is 0 Å². The van der Waals surface area contributed by atoms with Gasteiger partial charge >= 0.3 is 6.18 Å². The second-order valence-electron chi connectivity index (χ2n) is 6.36. The van der Waals surface area contributed by atoms with E-state index in [1.54, 1.807) is 12.1 Å². The van der Waals surface area contributed by atoms with Gasteiger partial charge in [0.2, 0.25) is 0 Å². The Kier molecular flexibility index (Phi) is 4.36. The number of rotatable bonds is 4. The highest BCUT2D eigenvalue weighted by Crippen LogP contribution is 2.40. The largest absolute Gasteiger partial charge is 0.402 e. The highest BCUT2D eigenvalue weighted by molar-refractivity contribution is 5.61. The third-order valence-corrected chi connectivity index (χ3v) is 4.54. The molecule has 4 rings (SSSR count). The van der Waals surface area contributed by atoms with Gasteiger partial charge in [-0.1, -0.05) is 60.7 Å². The molecule has 0 fully saturated rings. The van der Waals surface area contributed by atoms with Gasteiger partial charge in [-0.05, 0) is 35.4 Å². The van der Waals surface area contributed by atoms with Gasteiger partial charge < -0.3 is 9.97 Å². The zero-order chi connectivity index (χ0) is 18.9. The van der Waals surface area contributed by atoms with Crippen LogP contribution < -0.4 is 0 Å². The van der Waals surface area contributed by atoms with E-state index >= 15 is 0 Å². The summed E-state index contributed by atoms with van der Waals surface area (Å²) >= 11 is 0. The van der Waals surface area contributed by atoms with E-state index < -0.39 is 12.1 Å². The van der Waals surface area contributed by atoms with Crippen LogP contribution in [0, 0.1) is 0 Å². The van der Waals surface area contributed by atoms with Crippen LogP contribution in [0.5, 0.6) is 0 Å². The maximum absolute atomic E-state index is 13.9. The molecule has 0 spiro atoms. The smallest absolute Gasteiger partial charge is 0.358 e. The molecule has 4 aromatic rings. The van der Waals surface area contributed by atoms with Crippen molar-refractivity contribution in [2.24, 2.45) is 0 Å². The third-order valence-electron chi connectivity index (χ3n) is 4.54. The first kappa shape index (κ1) is 17.2. The molecule has 0 atom stereocenters. The molecule has 0 saturated carbocycles. The van der Waals surface area contributed by atoms with Crippen LogP contribution >= 0.6 is 0 Å². The van der Waals surface area contributed by atoms with Gasteiger partial charge in [0, 0.05) is 22.8 Å². The fourth-order valence-corrected chi connectivity index (χ4v) is 3.25. The predicted molar refractivity (Wildman–Crippen MR) is 100 cm³/mol. The van der Waals surface area contributed by atoms with Gasteiger partial charge in [0.1, 0.15) is 5.92 Å². The van der Waals surface area contributed by atoms with Gasteiger partial charge in [0.15, 0.2) is 0 Å². The molecular weight excluding hydrogens is 349 g/mol. The van der Waals surface area contributed by atoms with E-state index in [0.29, 0.717) is 11.4 Å². The summed E-state index contributed by atoms with van der Waals surface area (Å²) in [6.07, 6.45) is -4.42. The van der Waals surface area contributed by atoms with E-state index in [0.717, 1.165) is 11.1 Å². The number of H-pyrrole nitrogens is 2. The normalized spacial score (nSPS) is 11.9. The van der Waals surface area contributed by atoms with Gasteiger partial charge in [-0.2, -0.15) is 13.2 Å². The second kappa shape index (κ2) is 6.83. The molecule has 0 unspecified atom stereocenters. The minimum Gasteiger partial charge on any atom is -0.358 e. The molecular formula is C22H17F3N2. The van der Waals surface area contributed by atoms with Gasteiger partial charge in [-0.25, -0.2) is 0 Å². The summed E-state index contributed by atoms with van der Waals surface area (Å²) in [5, 5.41) is 0. The second-order valence-corrected chi connectivity index (χ2v) is 6.36. The number of halogens is 3. The number of alkyl halides is 3. The minimum atomic E-state index is -4.42. The molecule has 2 aromatic heterocycles. The molecule has 0 saturated heterocycles. The Labute approximate surface area is 154 Å². The number of hydrogen-bond acceptors (Lipinski definition) is 0. The first-order chi connectivity index (χ1) is 13.0. The van der Waals surface area contributed by atoms with E-state index in [-0.39, 0.29) is 11.4 Å². The highest BCUT2D eigenvalue weighted by atomic mass is 19.4. The van der Waals surface area contributed by atoms with Crippen molar-refractivity contribution in [1.82, 2.24) is 9.97 Å². The summed E-state index contributed by atoms with van der Waals surface area (Å²) in [6, 6.07) is 25.0. The molecule has 2 aromatic carbocycles. The number of nitrogens with one attached hydrogen (secondary N) is 2. The first-order valence-corrected chi connectivity index (χ1v) is 8.58. The standard InChI is InChI=1S/C22H17F3N2/c23-22(24,25)21(19-13-11-17(26-19)15-7-3-1-4-8-15)20-14-12-18(27-20)16-9-5-2-6-10-16/h1-14,21,26-27H. The van der Waals surface area contributed by atoms with Gasteiger partial charge in [0.25, 0.3) is 0 Å². The number of hydrogen-bond donors (Lipinski definition) is 2. The number of aromatic amines is 2. The predicted octanol–water partition coefficient (Wildman–Crippen LogP) is 6.37. The Balaban J connectivity index is 1.72. The van der Waals surface area contributed by atoms with Crippen molar-refractivity contribution in [3.05, 3.63) is 96.3 Å². The van der Waals surface area contributed by atoms with E-state index in [4.69, 9.17) is 0 Å². The van der Waals surface area contributed by atoms with Crippen LogP contribution in [0.1, 0.15) is 17.3 Å². The Hall–Kier alpha value is -3.21. The molecule has 0 aliphatic rings. The van der Waals surface area contributed by atoms with Crippen molar-refractivity contribution in [2.45, 2.75) is 12.1 Å². The molecule has 5 heteroatoms. The number of benzene rings is 2. The van der Waals surface area contributed by atoms with Crippen molar-refractivity contribution in [3.8, 4) is 22.5 Å². The van der Waals surface area contributed by atoms with Crippen LogP contribution in [0.15, 0.2) is 84.9 Å². The SMILES string of the molecule is FC(F)(F)C(c1ccc(-c2ccccc2)[nH]1)c1ccc(-c2ccccc2)[nH]1. The molecule has 0 radical (unpaired) electrons. The Morgan fingerprint density at radius 1 is 0.556 bits per heavy atom. The minimum absolute atomic E-state index is 0.114. The summed E-state index contributed by atoms with van der Waals surface area (Å²) < 4.78 is 41.6. The highest BCUT2D eigenvalue weighted by Gasteiger charge is 2.43. The summed E-state index contributed by atoms with van der Waals surface area (Å²) in [6.45, 7) is 0. The molecule has 0 aliphatic carbocycles. The average Bonchev–Trinajstić information content (AvgIpc) is 3.33. The van der Waals surface area contributed by atoms with E-state index in [1.165, 1.54) is 12.1 Å². The Morgan fingerprint density at radius 2 is 0.963 bits per heavy atom. The molecule has 2 nitrogen and oxygen atoms in total. The summed E-state index contributed by atoms with van der Waals surface area (Å²) in [5.41, 5.74) is 3.25. The van der Waals surface area contributed by atoms with E-state index in [1.807, 2.05) is 60.7 Å². The molecule has 2 heterocycles. The molecule has 0 aliphatic heterocycles. The third kappa shape index (κ3) is 3.53. The van der Waals surface area contributed by atoms with Crippen molar-refractivity contribution < 1.29 is 13.2 Å². The lowest BCUT2D eigenvalue weighted by Gasteiger charge is -2.18. The summed E-state index contributed by atoms with van der Waals surface area (Å²) in [4.78, 5) is 5.89. The average molecular weight is 366 g/mol. The van der Waals surface area contributed by atoms with Crippen molar-refractivity contribution in [1.29, 1.82) is 0 Å². The van der Waals surface area contributed by atoms with Gasteiger partial charge in [-0.3, -0.25) is 0 Å². The fraction of sp³-hybridized carbons (Fsp3) is 0.0909. The molecule has 136 valence electrons. The van der Waals surface area contributed by atoms with Crippen LogP contribution in [0.25, 0.3) is 22.5 Å². The maximum Gasteiger partial charge on any atom is 0.402 e. The maximum atomic E-state index is 13.9. The molecule has 0 amide bonds. The topological polar surface area (TPSA) is 31.6 Å². The zero-order valence-electron chi connectivity index (χ0n) is 14.3. The Bertz CT molecular complexity index is 937. The van der Waals surface area contributed by atoms with Crippen LogP contribution in [0.2, 0.25) is 0 Å². The van der Waals surface area contributed by atoms with Crippen LogP contribution in [-0.4, -0.2) is 16.1 Å². The van der Waals surface area contributed by atoms with Gasteiger partial charge in [0.05, 0.1) is 0 Å². The number of aromatic nitrogens is 2. The quantitative estimate of drug-likeness (QED) is 0.420. The van der Waals surface area contributed by atoms with Crippen molar-refractivity contribution in [3.63, 3.8) is 0 Å². The summed E-state index contributed by atoms with van der Waals surface area (Å²) in [7, 11) is 0. The lowest BCUT2D eigenvalue weighted by atomic mass is 10.0. The molecule has 0 bridgehead atoms. The summed E-state index contributed by atoms with van der Waals surface area (Å²) in [5.74, 6) is -1.74. The zero-order valence-corrected chi connectivity index (χ0v) is 14.3. The lowest BCUT2D eigenvalue weighted by molar-refractivity contribution is -0.142. The van der Waals surface area contributed by atoms with E-state index in [2.05, 4.69) is 9.97 Å². The first-order valence-electron chi connectivity index (χ1n) is 8.58. The van der Waals surface area contributed by atoms with Crippen LogP contribution in [-0.2, 0) is 0 Å². The van der Waals surface area contributed by atoms with Crippen molar-refractivity contribution in [2.75, 3.05) is 0 Å². The fourth-order valence-electron chi connectivity index (χ4n) is 3.25. The monoisotopic (exact) mass is 366 g/mol. The van der Waals surface area contributed by atoms with Crippen molar-refractivity contribution >= 4 is 0 Å².